The van der Waals surface area contributed by atoms with Gasteiger partial charge in [0.1, 0.15) is 23.9 Å². The van der Waals surface area contributed by atoms with E-state index in [2.05, 4.69) is 16.0 Å². The summed E-state index contributed by atoms with van der Waals surface area (Å²) in [6.45, 7) is 1.15. The predicted molar refractivity (Wildman–Crippen MR) is 127 cm³/mol. The normalized spacial score (nSPS) is 14.8. The number of hydrogen-bond donors (Lipinski definition) is 9. The summed E-state index contributed by atoms with van der Waals surface area (Å²) in [5, 5.41) is 35.5. The maximum absolute atomic E-state index is 12.8. The first-order valence-electron chi connectivity index (χ1n) is 11.1. The number of carbonyl (C=O) groups excluding carboxylic acids is 5. The van der Waals surface area contributed by atoms with E-state index in [0.717, 1.165) is 6.92 Å². The Bertz CT molecular complexity index is 999. The first-order valence-corrected chi connectivity index (χ1v) is 11.1. The van der Waals surface area contributed by atoms with Crippen molar-refractivity contribution in [1.29, 1.82) is 0 Å². The van der Waals surface area contributed by atoms with Gasteiger partial charge in [0, 0.05) is 12.8 Å². The number of nitrogens with one attached hydrogen (secondary N) is 3. The number of carboxylic acids is 1. The van der Waals surface area contributed by atoms with Gasteiger partial charge in [-0.1, -0.05) is 12.1 Å². The Kier molecular flexibility index (Phi) is 11.9. The molecule has 5 amide bonds. The van der Waals surface area contributed by atoms with Crippen molar-refractivity contribution >= 4 is 35.5 Å². The van der Waals surface area contributed by atoms with Crippen molar-refractivity contribution in [3.63, 3.8) is 0 Å². The van der Waals surface area contributed by atoms with Crippen molar-refractivity contribution in [2.45, 2.75) is 62.9 Å². The van der Waals surface area contributed by atoms with Gasteiger partial charge in [-0.15, -0.1) is 0 Å². The molecule has 0 heterocycles. The predicted octanol–water partition coefficient (Wildman–Crippen LogP) is -3.68. The van der Waals surface area contributed by atoms with Gasteiger partial charge in [0.2, 0.25) is 29.5 Å². The van der Waals surface area contributed by atoms with Crippen molar-refractivity contribution in [2.24, 2.45) is 17.2 Å². The molecule has 0 aliphatic rings. The third kappa shape index (κ3) is 10.9. The summed E-state index contributed by atoms with van der Waals surface area (Å²) in [7, 11) is 0. The van der Waals surface area contributed by atoms with Crippen LogP contribution in [0.3, 0.4) is 0 Å². The van der Waals surface area contributed by atoms with Crippen LogP contribution in [0.5, 0.6) is 5.75 Å². The Labute approximate surface area is 211 Å². The maximum atomic E-state index is 12.8. The Balaban J connectivity index is 2.96. The number of nitrogens with two attached hydrogens (primary N) is 3. The molecule has 1 rings (SSSR count). The summed E-state index contributed by atoms with van der Waals surface area (Å²) in [4.78, 5) is 71.8. The van der Waals surface area contributed by atoms with Gasteiger partial charge < -0.3 is 48.5 Å². The highest BCUT2D eigenvalue weighted by Gasteiger charge is 2.33. The number of carbonyl (C=O) groups is 6. The van der Waals surface area contributed by atoms with Crippen LogP contribution in [-0.4, -0.2) is 81.1 Å². The average Bonchev–Trinajstić information content (AvgIpc) is 2.80. The second kappa shape index (κ2) is 14.4. The second-order valence-corrected chi connectivity index (χ2v) is 8.34. The van der Waals surface area contributed by atoms with Crippen molar-refractivity contribution in [1.82, 2.24) is 16.0 Å². The van der Waals surface area contributed by atoms with Gasteiger partial charge in [0.25, 0.3) is 0 Å². The minimum atomic E-state index is -1.68. The van der Waals surface area contributed by atoms with Crippen LogP contribution in [0.4, 0.5) is 0 Å². The number of primary amides is 2. The van der Waals surface area contributed by atoms with Gasteiger partial charge in [-0.05, 0) is 31.0 Å². The number of aromatic hydroxyl groups is 1. The first kappa shape index (κ1) is 30.8. The van der Waals surface area contributed by atoms with Crippen LogP contribution < -0.4 is 33.2 Å². The molecule has 37 heavy (non-hydrogen) atoms. The van der Waals surface area contributed by atoms with Crippen LogP contribution in [0.2, 0.25) is 0 Å². The molecule has 15 heteroatoms. The quantitative estimate of drug-likeness (QED) is 0.108. The Hall–Kier alpha value is -4.24. The van der Waals surface area contributed by atoms with E-state index in [4.69, 9.17) is 17.2 Å². The van der Waals surface area contributed by atoms with Crippen molar-refractivity contribution in [3.8, 4) is 5.75 Å². The number of aliphatic hydroxyl groups excluding tert-OH is 1. The van der Waals surface area contributed by atoms with Gasteiger partial charge in [-0.2, -0.15) is 0 Å². The lowest BCUT2D eigenvalue weighted by molar-refractivity contribution is -0.143. The lowest BCUT2D eigenvalue weighted by Crippen LogP contribution is -2.60. The summed E-state index contributed by atoms with van der Waals surface area (Å²) in [6.07, 6.45) is -2.73. The number of rotatable bonds is 15. The number of carboxylic acid groups (broad SMARTS) is 1. The molecule has 0 spiro atoms. The zero-order valence-electron chi connectivity index (χ0n) is 20.0. The van der Waals surface area contributed by atoms with E-state index < -0.39 is 72.2 Å². The van der Waals surface area contributed by atoms with E-state index in [1.807, 2.05) is 0 Å². The molecule has 5 atom stereocenters. The van der Waals surface area contributed by atoms with Crippen molar-refractivity contribution in [3.05, 3.63) is 29.8 Å². The number of benzene rings is 1. The lowest BCUT2D eigenvalue weighted by Gasteiger charge is -2.26. The van der Waals surface area contributed by atoms with Gasteiger partial charge in [-0.25, -0.2) is 4.79 Å². The van der Waals surface area contributed by atoms with E-state index in [-0.39, 0.29) is 25.0 Å². The molecule has 0 aliphatic carbocycles. The number of amides is 5. The van der Waals surface area contributed by atoms with E-state index in [1.165, 1.54) is 24.3 Å². The summed E-state index contributed by atoms with van der Waals surface area (Å²) in [6, 6.07) is -0.394. The fourth-order valence-electron chi connectivity index (χ4n) is 3.11. The van der Waals surface area contributed by atoms with E-state index >= 15 is 0 Å². The van der Waals surface area contributed by atoms with Crippen LogP contribution >= 0.6 is 0 Å². The largest absolute Gasteiger partial charge is 0.508 e. The molecule has 15 nitrogen and oxygen atoms in total. The smallest absolute Gasteiger partial charge is 0.326 e. The summed E-state index contributed by atoms with van der Waals surface area (Å²) >= 11 is 0. The van der Waals surface area contributed by atoms with Crippen LogP contribution in [0, 0.1) is 0 Å². The molecule has 0 bridgehead atoms. The molecular weight excluding hydrogens is 492 g/mol. The first-order chi connectivity index (χ1) is 17.2. The molecular formula is C22H32N6O9. The molecule has 12 N–H and O–H groups in total. The minimum Gasteiger partial charge on any atom is -0.508 e. The number of hydrogen-bond acceptors (Lipinski definition) is 9. The third-order valence-corrected chi connectivity index (χ3v) is 5.13. The van der Waals surface area contributed by atoms with Crippen LogP contribution in [0.25, 0.3) is 0 Å². The number of phenolic OH excluding ortho intramolecular Hbond substituents is 1. The van der Waals surface area contributed by atoms with E-state index in [1.54, 1.807) is 0 Å². The Morgan fingerprint density at radius 1 is 0.865 bits per heavy atom. The molecule has 0 aromatic heterocycles. The summed E-state index contributed by atoms with van der Waals surface area (Å²) < 4.78 is 0. The number of aliphatic carboxylic acids is 1. The Morgan fingerprint density at radius 2 is 1.43 bits per heavy atom. The minimum absolute atomic E-state index is 0.0389. The molecule has 5 unspecified atom stereocenters. The third-order valence-electron chi connectivity index (χ3n) is 5.13. The second-order valence-electron chi connectivity index (χ2n) is 8.34. The molecule has 0 saturated carbocycles. The summed E-state index contributed by atoms with van der Waals surface area (Å²) in [5.74, 6) is -6.17. The van der Waals surface area contributed by atoms with Crippen LogP contribution in [-0.2, 0) is 35.2 Å². The van der Waals surface area contributed by atoms with Gasteiger partial charge in [-0.3, -0.25) is 24.0 Å². The number of phenols is 1. The molecule has 204 valence electrons. The Morgan fingerprint density at radius 3 is 1.92 bits per heavy atom. The standard InChI is InChI=1S/C22H32N6O9/c1-10(29)18(21(35)27-15(22(36)37)8-11-2-4-12(30)5-3-11)28-20(34)14(9-17(25)32)26-19(33)13(23)6-7-16(24)31/h2-5,10,13-15,18,29-30H,6-9,23H2,1H3,(H2,24,31)(H2,25,32)(H,26,33)(H,27,35)(H,28,34)(H,36,37). The SMILES string of the molecule is CC(O)C(NC(=O)C(CC(N)=O)NC(=O)C(N)CCC(N)=O)C(=O)NC(Cc1ccc(O)cc1)C(=O)O. The topological polar surface area (TPSA) is 277 Å². The van der Waals surface area contributed by atoms with E-state index in [0.29, 0.717) is 5.56 Å². The van der Waals surface area contributed by atoms with Crippen molar-refractivity contribution < 1.29 is 44.1 Å². The molecule has 1 aromatic carbocycles. The monoisotopic (exact) mass is 524 g/mol. The van der Waals surface area contributed by atoms with Gasteiger partial charge in [0.15, 0.2) is 0 Å². The molecule has 0 radical (unpaired) electrons. The highest BCUT2D eigenvalue weighted by Crippen LogP contribution is 2.12. The van der Waals surface area contributed by atoms with E-state index in [9.17, 15) is 44.1 Å². The fraction of sp³-hybridized carbons (Fsp3) is 0.455. The average molecular weight is 525 g/mol. The zero-order valence-corrected chi connectivity index (χ0v) is 20.0. The summed E-state index contributed by atoms with van der Waals surface area (Å²) in [5.41, 5.74) is 16.3. The highest BCUT2D eigenvalue weighted by atomic mass is 16.4. The number of aliphatic hydroxyl groups is 1. The maximum Gasteiger partial charge on any atom is 0.326 e. The van der Waals surface area contributed by atoms with Gasteiger partial charge >= 0.3 is 5.97 Å². The zero-order chi connectivity index (χ0) is 28.3. The molecule has 0 aliphatic heterocycles. The fourth-order valence-corrected chi connectivity index (χ4v) is 3.11. The van der Waals surface area contributed by atoms with Gasteiger partial charge in [0.05, 0.1) is 18.6 Å². The highest BCUT2D eigenvalue weighted by molar-refractivity contribution is 5.96. The molecule has 0 saturated heterocycles. The van der Waals surface area contributed by atoms with Crippen LogP contribution in [0.15, 0.2) is 24.3 Å². The van der Waals surface area contributed by atoms with Crippen molar-refractivity contribution in [2.75, 3.05) is 0 Å². The molecule has 1 aromatic rings. The lowest BCUT2D eigenvalue weighted by atomic mass is 10.0. The van der Waals surface area contributed by atoms with Crippen LogP contribution in [0.1, 0.15) is 31.7 Å². The molecule has 0 fully saturated rings.